The first kappa shape index (κ1) is 17.7. The Labute approximate surface area is 144 Å². The van der Waals surface area contributed by atoms with E-state index in [4.69, 9.17) is 4.74 Å². The van der Waals surface area contributed by atoms with Crippen molar-refractivity contribution < 1.29 is 19.7 Å². The van der Waals surface area contributed by atoms with Gasteiger partial charge in [0.05, 0.1) is 12.7 Å². The van der Waals surface area contributed by atoms with Crippen LogP contribution in [0.1, 0.15) is 59.3 Å². The molecule has 0 aromatic heterocycles. The van der Waals surface area contributed by atoms with Crippen molar-refractivity contribution >= 4 is 5.97 Å². The van der Waals surface area contributed by atoms with Crippen LogP contribution in [-0.2, 0) is 9.53 Å². The molecule has 0 radical (unpaired) electrons. The zero-order chi connectivity index (χ0) is 17.5. The molecule has 3 rings (SSSR count). The molecule has 0 aromatic carbocycles. The van der Waals surface area contributed by atoms with E-state index in [9.17, 15) is 15.0 Å². The smallest absolute Gasteiger partial charge is 0.334 e. The first-order valence-electron chi connectivity index (χ1n) is 9.17. The maximum absolute atomic E-state index is 11.7. The lowest BCUT2D eigenvalue weighted by Gasteiger charge is -2.57. The molecule has 1 fully saturated rings. The van der Waals surface area contributed by atoms with Crippen molar-refractivity contribution in [3.05, 3.63) is 22.8 Å². The van der Waals surface area contributed by atoms with Crippen LogP contribution >= 0.6 is 0 Å². The van der Waals surface area contributed by atoms with Crippen LogP contribution in [0.5, 0.6) is 0 Å². The van der Waals surface area contributed by atoms with Crippen molar-refractivity contribution in [2.75, 3.05) is 13.2 Å². The van der Waals surface area contributed by atoms with Crippen LogP contribution in [0.3, 0.4) is 0 Å². The van der Waals surface area contributed by atoms with E-state index >= 15 is 0 Å². The predicted molar refractivity (Wildman–Crippen MR) is 92.2 cm³/mol. The minimum absolute atomic E-state index is 0.00210. The lowest BCUT2D eigenvalue weighted by atomic mass is 9.48. The molecule has 4 atom stereocenters. The SMILES string of the molecule is CC1=C(CCC2=CCOC2=O)[C@@]2(C)CC[C@H](O)[C@](C)(CO)[C@@H]2CC1. The van der Waals surface area contributed by atoms with Crippen molar-refractivity contribution in [1.29, 1.82) is 0 Å². The maximum atomic E-state index is 11.7. The molecule has 0 bridgehead atoms. The topological polar surface area (TPSA) is 66.8 Å². The average molecular weight is 334 g/mol. The Kier molecular flexibility index (Phi) is 4.65. The fourth-order valence-corrected chi connectivity index (χ4v) is 5.48. The van der Waals surface area contributed by atoms with Gasteiger partial charge in [-0.25, -0.2) is 4.79 Å². The predicted octanol–water partition coefficient (Wildman–Crippen LogP) is 3.14. The summed E-state index contributed by atoms with van der Waals surface area (Å²) in [5.74, 6) is 0.104. The zero-order valence-corrected chi connectivity index (χ0v) is 15.1. The van der Waals surface area contributed by atoms with Gasteiger partial charge in [0.1, 0.15) is 6.61 Å². The number of esters is 1. The number of fused-ring (bicyclic) bond motifs is 1. The number of aliphatic hydroxyl groups is 2. The molecule has 1 heterocycles. The number of aliphatic hydroxyl groups excluding tert-OH is 2. The van der Waals surface area contributed by atoms with E-state index in [0.717, 1.165) is 44.1 Å². The Balaban J connectivity index is 1.86. The van der Waals surface area contributed by atoms with Gasteiger partial charge in [-0.15, -0.1) is 0 Å². The van der Waals surface area contributed by atoms with Gasteiger partial charge in [0.15, 0.2) is 0 Å². The van der Waals surface area contributed by atoms with Crippen molar-refractivity contribution in [1.82, 2.24) is 0 Å². The summed E-state index contributed by atoms with van der Waals surface area (Å²) >= 11 is 0. The van der Waals surface area contributed by atoms with Gasteiger partial charge < -0.3 is 14.9 Å². The first-order chi connectivity index (χ1) is 11.3. The fraction of sp³-hybridized carbons (Fsp3) is 0.750. The van der Waals surface area contributed by atoms with Gasteiger partial charge in [-0.05, 0) is 62.9 Å². The van der Waals surface area contributed by atoms with E-state index in [1.165, 1.54) is 11.1 Å². The molecule has 4 nitrogen and oxygen atoms in total. The number of hydrogen-bond acceptors (Lipinski definition) is 4. The molecule has 0 aromatic rings. The molecule has 24 heavy (non-hydrogen) atoms. The maximum Gasteiger partial charge on any atom is 0.334 e. The second kappa shape index (κ2) is 6.30. The van der Waals surface area contributed by atoms with Crippen LogP contribution in [0, 0.1) is 16.7 Å². The molecule has 4 heteroatoms. The number of carbonyl (C=O) groups excluding carboxylic acids is 1. The molecule has 2 N–H and O–H groups in total. The Morgan fingerprint density at radius 1 is 1.29 bits per heavy atom. The van der Waals surface area contributed by atoms with Crippen LogP contribution in [0.2, 0.25) is 0 Å². The van der Waals surface area contributed by atoms with E-state index in [1.54, 1.807) is 0 Å². The molecule has 0 unspecified atom stereocenters. The highest BCUT2D eigenvalue weighted by Crippen LogP contribution is 2.60. The summed E-state index contributed by atoms with van der Waals surface area (Å²) < 4.78 is 5.01. The van der Waals surface area contributed by atoms with E-state index < -0.39 is 11.5 Å². The van der Waals surface area contributed by atoms with Crippen LogP contribution in [0.4, 0.5) is 0 Å². The highest BCUT2D eigenvalue weighted by molar-refractivity contribution is 5.90. The molecule has 2 aliphatic carbocycles. The standard InChI is InChI=1S/C20H30O4/c1-13-4-7-16-19(2,10-8-17(22)20(16,3)12-21)15(13)6-5-14-9-11-24-18(14)23/h9,16-17,21-22H,4-8,10-12H2,1-3H3/t16-,17+,19-,20-/m1/s1. The van der Waals surface area contributed by atoms with Gasteiger partial charge in [0.2, 0.25) is 0 Å². The van der Waals surface area contributed by atoms with Crippen LogP contribution in [0.25, 0.3) is 0 Å². The highest BCUT2D eigenvalue weighted by atomic mass is 16.5. The zero-order valence-electron chi connectivity index (χ0n) is 15.1. The van der Waals surface area contributed by atoms with Gasteiger partial charge in [-0.2, -0.15) is 0 Å². The largest absolute Gasteiger partial charge is 0.458 e. The van der Waals surface area contributed by atoms with Crippen LogP contribution in [-0.4, -0.2) is 35.5 Å². The summed E-state index contributed by atoms with van der Waals surface area (Å²) in [7, 11) is 0. The third kappa shape index (κ3) is 2.64. The summed E-state index contributed by atoms with van der Waals surface area (Å²) in [5.41, 5.74) is 3.22. The van der Waals surface area contributed by atoms with Crippen LogP contribution in [0.15, 0.2) is 22.8 Å². The molecule has 1 aliphatic heterocycles. The second-order valence-corrected chi connectivity index (χ2v) is 8.31. The van der Waals surface area contributed by atoms with Gasteiger partial charge in [-0.3, -0.25) is 0 Å². The fourth-order valence-electron chi connectivity index (χ4n) is 5.48. The minimum atomic E-state index is -0.440. The second-order valence-electron chi connectivity index (χ2n) is 8.31. The van der Waals surface area contributed by atoms with Crippen molar-refractivity contribution in [2.45, 2.75) is 65.4 Å². The van der Waals surface area contributed by atoms with E-state index in [2.05, 4.69) is 13.8 Å². The summed E-state index contributed by atoms with van der Waals surface area (Å²) in [6.45, 7) is 6.98. The number of allylic oxidation sites excluding steroid dienone is 2. The lowest BCUT2D eigenvalue weighted by molar-refractivity contribution is -0.136. The van der Waals surface area contributed by atoms with Crippen molar-refractivity contribution in [3.8, 4) is 0 Å². The number of rotatable bonds is 4. The van der Waals surface area contributed by atoms with Gasteiger partial charge in [0.25, 0.3) is 0 Å². The van der Waals surface area contributed by atoms with Gasteiger partial charge in [0, 0.05) is 11.0 Å². The Hall–Kier alpha value is -1.13. The van der Waals surface area contributed by atoms with E-state index in [1.807, 2.05) is 13.0 Å². The normalized spacial score (nSPS) is 39.5. The molecule has 134 valence electrons. The molecule has 0 spiro atoms. The third-order valence-electron chi connectivity index (χ3n) is 7.07. The third-order valence-corrected chi connectivity index (χ3v) is 7.07. The van der Waals surface area contributed by atoms with E-state index in [0.29, 0.717) is 6.61 Å². The summed E-state index contributed by atoms with van der Waals surface area (Å²) in [5, 5.41) is 20.5. The van der Waals surface area contributed by atoms with Gasteiger partial charge >= 0.3 is 5.97 Å². The lowest BCUT2D eigenvalue weighted by Crippen LogP contribution is -2.55. The Morgan fingerprint density at radius 2 is 2.04 bits per heavy atom. The quantitative estimate of drug-likeness (QED) is 0.612. The van der Waals surface area contributed by atoms with Crippen LogP contribution < -0.4 is 0 Å². The Morgan fingerprint density at radius 3 is 2.67 bits per heavy atom. The summed E-state index contributed by atoms with van der Waals surface area (Å²) in [6, 6.07) is 0. The van der Waals surface area contributed by atoms with Crippen molar-refractivity contribution in [3.63, 3.8) is 0 Å². The number of hydrogen-bond donors (Lipinski definition) is 2. The summed E-state index contributed by atoms with van der Waals surface area (Å²) in [6.07, 6.45) is 6.77. The highest BCUT2D eigenvalue weighted by Gasteiger charge is 2.55. The number of ether oxygens (including phenoxy) is 1. The molecule has 3 aliphatic rings. The monoisotopic (exact) mass is 334 g/mol. The average Bonchev–Trinajstić information content (AvgIpc) is 2.96. The van der Waals surface area contributed by atoms with Crippen molar-refractivity contribution in [2.24, 2.45) is 16.7 Å². The first-order valence-corrected chi connectivity index (χ1v) is 9.17. The van der Waals surface area contributed by atoms with Gasteiger partial charge in [-0.1, -0.05) is 25.0 Å². The summed E-state index contributed by atoms with van der Waals surface area (Å²) in [4.78, 5) is 11.7. The molecule has 0 amide bonds. The van der Waals surface area contributed by atoms with E-state index in [-0.39, 0.29) is 23.9 Å². The molecular weight excluding hydrogens is 304 g/mol. The minimum Gasteiger partial charge on any atom is -0.458 e. The molecular formula is C20H30O4. The number of carbonyl (C=O) groups is 1. The number of cyclic esters (lactones) is 1. The molecule has 1 saturated carbocycles. The Bertz CT molecular complexity index is 590. The molecule has 0 saturated heterocycles.